The molecule has 0 bridgehead atoms. The summed E-state index contributed by atoms with van der Waals surface area (Å²) in [5, 5.41) is 0. The van der Waals surface area contributed by atoms with Crippen molar-refractivity contribution in [2.45, 2.75) is 44.0 Å². The number of ether oxygens (including phenoxy) is 1. The molecule has 0 spiro atoms. The molecule has 2 aromatic carbocycles. The molecule has 1 fully saturated rings. The SMILES string of the molecule is Cc1ccc(S(=O)(=O)OCC2CN(C(C)C)C(c3ccccc3)O2)cc1. The third kappa shape index (κ3) is 4.32. The van der Waals surface area contributed by atoms with E-state index >= 15 is 0 Å². The number of aryl methyl sites for hydroxylation is 1. The molecule has 0 N–H and O–H groups in total. The number of hydrogen-bond donors (Lipinski definition) is 0. The molecular weight excluding hydrogens is 350 g/mol. The highest BCUT2D eigenvalue weighted by Gasteiger charge is 2.36. The van der Waals surface area contributed by atoms with Gasteiger partial charge in [-0.3, -0.25) is 9.08 Å². The molecule has 1 aliphatic heterocycles. The topological polar surface area (TPSA) is 55.8 Å². The van der Waals surface area contributed by atoms with Crippen LogP contribution in [0.3, 0.4) is 0 Å². The predicted molar refractivity (Wildman–Crippen MR) is 100 cm³/mol. The average molecular weight is 375 g/mol. The fraction of sp³-hybridized carbons (Fsp3) is 0.400. The highest BCUT2D eigenvalue weighted by molar-refractivity contribution is 7.86. The minimum atomic E-state index is -3.78. The first-order valence-electron chi connectivity index (χ1n) is 8.79. The Bertz CT molecular complexity index is 819. The van der Waals surface area contributed by atoms with Crippen LogP contribution in [0.1, 0.15) is 31.2 Å². The second-order valence-electron chi connectivity index (χ2n) is 6.86. The van der Waals surface area contributed by atoms with Crippen molar-refractivity contribution in [2.75, 3.05) is 13.2 Å². The Morgan fingerprint density at radius 2 is 1.77 bits per heavy atom. The van der Waals surface area contributed by atoms with Gasteiger partial charge in [0.2, 0.25) is 0 Å². The molecule has 0 amide bonds. The van der Waals surface area contributed by atoms with E-state index in [0.717, 1.165) is 11.1 Å². The van der Waals surface area contributed by atoms with Crippen LogP contribution in [-0.2, 0) is 19.0 Å². The third-order valence-corrected chi connectivity index (χ3v) is 5.80. The smallest absolute Gasteiger partial charge is 0.297 e. The summed E-state index contributed by atoms with van der Waals surface area (Å²) in [6, 6.07) is 16.9. The maximum atomic E-state index is 12.4. The molecule has 5 nitrogen and oxygen atoms in total. The van der Waals surface area contributed by atoms with Gasteiger partial charge in [-0.25, -0.2) is 0 Å². The van der Waals surface area contributed by atoms with E-state index in [1.807, 2.05) is 37.3 Å². The van der Waals surface area contributed by atoms with Crippen molar-refractivity contribution >= 4 is 10.1 Å². The number of benzene rings is 2. The molecule has 6 heteroatoms. The lowest BCUT2D eigenvalue weighted by Crippen LogP contribution is -2.32. The van der Waals surface area contributed by atoms with Gasteiger partial charge in [0.25, 0.3) is 10.1 Å². The summed E-state index contributed by atoms with van der Waals surface area (Å²) >= 11 is 0. The fourth-order valence-electron chi connectivity index (χ4n) is 3.03. The van der Waals surface area contributed by atoms with Crippen LogP contribution in [0.2, 0.25) is 0 Å². The third-order valence-electron chi connectivity index (χ3n) is 4.50. The quantitative estimate of drug-likeness (QED) is 0.723. The second kappa shape index (κ2) is 7.88. The van der Waals surface area contributed by atoms with Gasteiger partial charge in [0, 0.05) is 12.6 Å². The van der Waals surface area contributed by atoms with E-state index < -0.39 is 10.1 Å². The zero-order valence-corrected chi connectivity index (χ0v) is 16.1. The number of rotatable bonds is 6. The monoisotopic (exact) mass is 375 g/mol. The molecule has 0 aliphatic carbocycles. The van der Waals surface area contributed by atoms with E-state index in [2.05, 4.69) is 18.7 Å². The summed E-state index contributed by atoms with van der Waals surface area (Å²) in [7, 11) is -3.78. The number of hydrogen-bond acceptors (Lipinski definition) is 5. The maximum absolute atomic E-state index is 12.4. The van der Waals surface area contributed by atoms with Crippen LogP contribution in [0.4, 0.5) is 0 Å². The van der Waals surface area contributed by atoms with Crippen molar-refractivity contribution in [3.05, 3.63) is 65.7 Å². The van der Waals surface area contributed by atoms with Gasteiger partial charge in [-0.2, -0.15) is 8.42 Å². The van der Waals surface area contributed by atoms with E-state index in [4.69, 9.17) is 8.92 Å². The zero-order valence-electron chi connectivity index (χ0n) is 15.3. The van der Waals surface area contributed by atoms with Gasteiger partial charge in [-0.15, -0.1) is 0 Å². The summed E-state index contributed by atoms with van der Waals surface area (Å²) in [6.45, 7) is 6.74. The van der Waals surface area contributed by atoms with Crippen LogP contribution >= 0.6 is 0 Å². The summed E-state index contributed by atoms with van der Waals surface area (Å²) in [4.78, 5) is 2.38. The van der Waals surface area contributed by atoms with Crippen molar-refractivity contribution in [1.82, 2.24) is 4.90 Å². The molecule has 3 rings (SSSR count). The minimum absolute atomic E-state index is 0.00274. The first kappa shape index (κ1) is 19.0. The lowest BCUT2D eigenvalue weighted by molar-refractivity contribution is -0.0228. The molecule has 0 saturated carbocycles. The first-order chi connectivity index (χ1) is 12.4. The molecule has 0 aromatic heterocycles. The van der Waals surface area contributed by atoms with Crippen molar-refractivity contribution in [2.24, 2.45) is 0 Å². The maximum Gasteiger partial charge on any atom is 0.297 e. The predicted octanol–water partition coefficient (Wildman–Crippen LogP) is 3.51. The van der Waals surface area contributed by atoms with Gasteiger partial charge in [0.1, 0.15) is 6.23 Å². The summed E-state index contributed by atoms with van der Waals surface area (Å²) in [5.74, 6) is 0. The Balaban J connectivity index is 1.68. The molecule has 1 heterocycles. The molecule has 2 atom stereocenters. The van der Waals surface area contributed by atoms with Gasteiger partial charge >= 0.3 is 0 Å². The first-order valence-corrected chi connectivity index (χ1v) is 10.2. The summed E-state index contributed by atoms with van der Waals surface area (Å²) < 4.78 is 36.1. The van der Waals surface area contributed by atoms with Crippen molar-refractivity contribution in [3.63, 3.8) is 0 Å². The Labute approximate surface area is 155 Å². The Morgan fingerprint density at radius 1 is 1.12 bits per heavy atom. The van der Waals surface area contributed by atoms with Crippen LogP contribution in [-0.4, -0.2) is 38.6 Å². The minimum Gasteiger partial charge on any atom is -0.352 e. The Morgan fingerprint density at radius 3 is 2.38 bits per heavy atom. The van der Waals surface area contributed by atoms with Crippen LogP contribution in [0, 0.1) is 6.92 Å². The Hall–Kier alpha value is -1.73. The summed E-state index contributed by atoms with van der Waals surface area (Å²) in [6.07, 6.45) is -0.491. The van der Waals surface area contributed by atoms with Gasteiger partial charge in [0.15, 0.2) is 0 Å². The van der Waals surface area contributed by atoms with Crippen molar-refractivity contribution in [3.8, 4) is 0 Å². The second-order valence-corrected chi connectivity index (χ2v) is 8.48. The molecule has 1 aliphatic rings. The lowest BCUT2D eigenvalue weighted by Gasteiger charge is -2.26. The van der Waals surface area contributed by atoms with E-state index in [1.54, 1.807) is 24.3 Å². The fourth-order valence-corrected chi connectivity index (χ4v) is 3.97. The van der Waals surface area contributed by atoms with Gasteiger partial charge in [-0.1, -0.05) is 48.0 Å². The van der Waals surface area contributed by atoms with E-state index in [0.29, 0.717) is 6.54 Å². The van der Waals surface area contributed by atoms with E-state index in [1.165, 1.54) is 0 Å². The van der Waals surface area contributed by atoms with Crippen LogP contribution in [0.5, 0.6) is 0 Å². The van der Waals surface area contributed by atoms with E-state index in [9.17, 15) is 8.42 Å². The lowest BCUT2D eigenvalue weighted by atomic mass is 10.1. The highest BCUT2D eigenvalue weighted by atomic mass is 32.2. The molecule has 26 heavy (non-hydrogen) atoms. The number of nitrogens with zero attached hydrogens (tertiary/aromatic N) is 1. The standard InChI is InChI=1S/C20H25NO4S/c1-15(2)21-13-18(25-20(21)17-7-5-4-6-8-17)14-24-26(22,23)19-11-9-16(3)10-12-19/h4-12,15,18,20H,13-14H2,1-3H3. The molecule has 2 aromatic rings. The average Bonchev–Trinajstić information content (AvgIpc) is 3.06. The van der Waals surface area contributed by atoms with Crippen molar-refractivity contribution < 1.29 is 17.3 Å². The zero-order chi connectivity index (χ0) is 18.7. The molecular formula is C20H25NO4S. The van der Waals surface area contributed by atoms with Gasteiger partial charge in [-0.05, 0) is 38.5 Å². The van der Waals surface area contributed by atoms with Gasteiger partial charge < -0.3 is 4.74 Å². The van der Waals surface area contributed by atoms with Gasteiger partial charge in [0.05, 0.1) is 17.6 Å². The van der Waals surface area contributed by atoms with Crippen LogP contribution in [0.25, 0.3) is 0 Å². The van der Waals surface area contributed by atoms with E-state index in [-0.39, 0.29) is 29.9 Å². The normalized spacial score (nSPS) is 21.4. The molecule has 1 saturated heterocycles. The van der Waals surface area contributed by atoms with Crippen LogP contribution < -0.4 is 0 Å². The summed E-state index contributed by atoms with van der Waals surface area (Å²) in [5.41, 5.74) is 2.06. The Kier molecular flexibility index (Phi) is 5.77. The van der Waals surface area contributed by atoms with Crippen LogP contribution in [0.15, 0.2) is 59.5 Å². The molecule has 140 valence electrons. The highest BCUT2D eigenvalue weighted by Crippen LogP contribution is 2.32. The molecule has 2 unspecified atom stereocenters. The van der Waals surface area contributed by atoms with Crippen molar-refractivity contribution in [1.29, 1.82) is 0 Å². The molecule has 0 radical (unpaired) electrons. The largest absolute Gasteiger partial charge is 0.352 e.